The van der Waals surface area contributed by atoms with Gasteiger partial charge in [-0.2, -0.15) is 0 Å². The first-order valence-electron chi connectivity index (χ1n) is 6.12. The Morgan fingerprint density at radius 3 is 2.68 bits per heavy atom. The Hall–Kier alpha value is -1.36. The number of imide groups is 1. The number of carbonyl (C=O) groups excluding carboxylic acids is 2. The van der Waals surface area contributed by atoms with Crippen molar-refractivity contribution < 1.29 is 14.3 Å². The summed E-state index contributed by atoms with van der Waals surface area (Å²) in [5.74, 6) is -0.303. The number of benzene rings is 1. The number of nitrogens with zero attached hydrogens (tertiary/aromatic N) is 1. The molecule has 0 spiro atoms. The number of carbonyl (C=O) groups is 2. The minimum atomic E-state index is -0.606. The van der Waals surface area contributed by atoms with Gasteiger partial charge in [0.15, 0.2) is 0 Å². The van der Waals surface area contributed by atoms with Crippen molar-refractivity contribution in [3.05, 3.63) is 33.8 Å². The van der Waals surface area contributed by atoms with Crippen molar-refractivity contribution in [3.63, 3.8) is 0 Å². The predicted octanol–water partition coefficient (Wildman–Crippen LogP) is 3.38. The molecule has 0 fully saturated rings. The van der Waals surface area contributed by atoms with E-state index < -0.39 is 11.7 Å². The molecule has 19 heavy (non-hydrogen) atoms. The monoisotopic (exact) mass is 325 g/mol. The summed E-state index contributed by atoms with van der Waals surface area (Å²) < 4.78 is 5.96. The van der Waals surface area contributed by atoms with E-state index in [-0.39, 0.29) is 5.91 Å². The molecule has 1 aliphatic heterocycles. The zero-order valence-corrected chi connectivity index (χ0v) is 12.8. The molecule has 5 heteroatoms. The lowest BCUT2D eigenvalue weighted by atomic mass is 9.99. The van der Waals surface area contributed by atoms with E-state index in [9.17, 15) is 9.59 Å². The standard InChI is InChI=1S/C14H16BrNO3/c1-14(2,3)19-13(18)16-8-7-9-5-4-6-10(15)11(9)12(16)17/h4-6H,7-8H2,1-3H3. The summed E-state index contributed by atoms with van der Waals surface area (Å²) in [5, 5.41) is 0. The van der Waals surface area contributed by atoms with Crippen molar-refractivity contribution in [1.29, 1.82) is 0 Å². The van der Waals surface area contributed by atoms with E-state index >= 15 is 0 Å². The Bertz CT molecular complexity index is 534. The van der Waals surface area contributed by atoms with Crippen LogP contribution in [-0.2, 0) is 11.2 Å². The Morgan fingerprint density at radius 2 is 2.05 bits per heavy atom. The van der Waals surface area contributed by atoms with E-state index in [1.54, 1.807) is 26.8 Å². The minimum Gasteiger partial charge on any atom is -0.443 e. The van der Waals surface area contributed by atoms with E-state index in [1.807, 2.05) is 12.1 Å². The van der Waals surface area contributed by atoms with E-state index in [0.29, 0.717) is 23.0 Å². The number of halogens is 1. The highest BCUT2D eigenvalue weighted by molar-refractivity contribution is 9.10. The topological polar surface area (TPSA) is 46.6 Å². The Morgan fingerprint density at radius 1 is 1.37 bits per heavy atom. The maximum absolute atomic E-state index is 12.4. The van der Waals surface area contributed by atoms with Crippen LogP contribution in [0.1, 0.15) is 36.7 Å². The van der Waals surface area contributed by atoms with Crippen molar-refractivity contribution in [3.8, 4) is 0 Å². The van der Waals surface area contributed by atoms with Crippen LogP contribution in [0.25, 0.3) is 0 Å². The molecule has 0 atom stereocenters. The SMILES string of the molecule is CC(C)(C)OC(=O)N1CCc2cccc(Br)c2C1=O. The minimum absolute atomic E-state index is 0.303. The molecule has 0 N–H and O–H groups in total. The molecular formula is C14H16BrNO3. The van der Waals surface area contributed by atoms with Crippen molar-refractivity contribution in [2.45, 2.75) is 32.8 Å². The van der Waals surface area contributed by atoms with Gasteiger partial charge in [-0.1, -0.05) is 12.1 Å². The van der Waals surface area contributed by atoms with Crippen LogP contribution in [0.15, 0.2) is 22.7 Å². The van der Waals surface area contributed by atoms with Crippen molar-refractivity contribution in [2.24, 2.45) is 0 Å². The second-order valence-corrected chi connectivity index (χ2v) is 6.32. The third-order valence-corrected chi connectivity index (χ3v) is 3.44. The average molecular weight is 326 g/mol. The Kier molecular flexibility index (Phi) is 3.67. The number of fused-ring (bicyclic) bond motifs is 1. The fourth-order valence-electron chi connectivity index (χ4n) is 1.98. The third-order valence-electron chi connectivity index (χ3n) is 2.78. The smallest absolute Gasteiger partial charge is 0.417 e. The Labute approximate surface area is 120 Å². The second-order valence-electron chi connectivity index (χ2n) is 5.46. The Balaban J connectivity index is 2.27. The number of rotatable bonds is 0. The zero-order chi connectivity index (χ0) is 14.2. The lowest BCUT2D eigenvalue weighted by molar-refractivity contribution is 0.0233. The van der Waals surface area contributed by atoms with Gasteiger partial charge >= 0.3 is 6.09 Å². The fraction of sp³-hybridized carbons (Fsp3) is 0.429. The van der Waals surface area contributed by atoms with E-state index in [2.05, 4.69) is 15.9 Å². The summed E-state index contributed by atoms with van der Waals surface area (Å²) in [7, 11) is 0. The van der Waals surface area contributed by atoms with E-state index in [4.69, 9.17) is 4.74 Å². The number of hydrogen-bond acceptors (Lipinski definition) is 3. The van der Waals surface area contributed by atoms with Crippen LogP contribution in [0.2, 0.25) is 0 Å². The number of amides is 2. The maximum atomic E-state index is 12.4. The van der Waals surface area contributed by atoms with Crippen LogP contribution in [0.4, 0.5) is 4.79 Å². The molecular weight excluding hydrogens is 310 g/mol. The first-order chi connectivity index (χ1) is 8.79. The van der Waals surface area contributed by atoms with Crippen LogP contribution in [0.5, 0.6) is 0 Å². The molecule has 1 aliphatic rings. The summed E-state index contributed by atoms with van der Waals surface area (Å²) >= 11 is 3.36. The summed E-state index contributed by atoms with van der Waals surface area (Å²) in [6.45, 7) is 5.70. The quantitative estimate of drug-likeness (QED) is 0.734. The highest BCUT2D eigenvalue weighted by Crippen LogP contribution is 2.27. The third kappa shape index (κ3) is 2.97. The predicted molar refractivity (Wildman–Crippen MR) is 75.1 cm³/mol. The summed E-state index contributed by atoms with van der Waals surface area (Å²) in [5.41, 5.74) is 0.907. The van der Waals surface area contributed by atoms with Gasteiger partial charge in [0.25, 0.3) is 5.91 Å². The van der Waals surface area contributed by atoms with Gasteiger partial charge in [-0.25, -0.2) is 9.69 Å². The van der Waals surface area contributed by atoms with Gasteiger partial charge in [0.1, 0.15) is 5.60 Å². The molecule has 2 rings (SSSR count). The van der Waals surface area contributed by atoms with Crippen LogP contribution >= 0.6 is 15.9 Å². The van der Waals surface area contributed by atoms with Crippen LogP contribution < -0.4 is 0 Å². The molecule has 1 aromatic rings. The highest BCUT2D eigenvalue weighted by atomic mass is 79.9. The summed E-state index contributed by atoms with van der Waals surface area (Å²) in [6, 6.07) is 5.60. The second kappa shape index (κ2) is 4.96. The molecule has 0 bridgehead atoms. The van der Waals surface area contributed by atoms with E-state index in [0.717, 1.165) is 5.56 Å². The molecule has 0 unspecified atom stereocenters. The van der Waals surface area contributed by atoms with Crippen molar-refractivity contribution >= 4 is 27.9 Å². The molecule has 1 aromatic carbocycles. The van der Waals surface area contributed by atoms with Gasteiger partial charge in [-0.3, -0.25) is 4.79 Å². The lowest BCUT2D eigenvalue weighted by Crippen LogP contribution is -2.44. The van der Waals surface area contributed by atoms with Crippen LogP contribution in [0, 0.1) is 0 Å². The van der Waals surface area contributed by atoms with Gasteiger partial charge in [-0.15, -0.1) is 0 Å². The van der Waals surface area contributed by atoms with Crippen LogP contribution in [-0.4, -0.2) is 29.0 Å². The molecule has 0 radical (unpaired) electrons. The fourth-order valence-corrected chi connectivity index (χ4v) is 2.55. The molecule has 4 nitrogen and oxygen atoms in total. The first kappa shape index (κ1) is 14.1. The largest absolute Gasteiger partial charge is 0.443 e. The van der Waals surface area contributed by atoms with Crippen molar-refractivity contribution in [2.75, 3.05) is 6.54 Å². The van der Waals surface area contributed by atoms with Crippen molar-refractivity contribution in [1.82, 2.24) is 4.90 Å². The van der Waals surface area contributed by atoms with Gasteiger partial charge in [0.05, 0.1) is 5.56 Å². The highest BCUT2D eigenvalue weighted by Gasteiger charge is 2.33. The number of ether oxygens (including phenoxy) is 1. The zero-order valence-electron chi connectivity index (χ0n) is 11.2. The molecule has 0 saturated carbocycles. The first-order valence-corrected chi connectivity index (χ1v) is 6.91. The molecule has 1 heterocycles. The van der Waals surface area contributed by atoms with Gasteiger partial charge in [-0.05, 0) is 54.8 Å². The molecule has 0 saturated heterocycles. The van der Waals surface area contributed by atoms with Gasteiger partial charge < -0.3 is 4.74 Å². The number of hydrogen-bond donors (Lipinski definition) is 0. The van der Waals surface area contributed by atoms with Crippen LogP contribution in [0.3, 0.4) is 0 Å². The van der Waals surface area contributed by atoms with E-state index in [1.165, 1.54) is 4.90 Å². The lowest BCUT2D eigenvalue weighted by Gasteiger charge is -2.30. The summed E-state index contributed by atoms with van der Waals surface area (Å²) in [4.78, 5) is 25.5. The maximum Gasteiger partial charge on any atom is 0.417 e. The normalized spacial score (nSPS) is 15.2. The molecule has 0 aliphatic carbocycles. The van der Waals surface area contributed by atoms with Gasteiger partial charge in [0, 0.05) is 11.0 Å². The molecule has 0 aromatic heterocycles. The molecule has 2 amide bonds. The summed E-state index contributed by atoms with van der Waals surface area (Å²) in [6.07, 6.45) is 0.0682. The molecule has 102 valence electrons. The average Bonchev–Trinajstić information content (AvgIpc) is 2.26. The van der Waals surface area contributed by atoms with Gasteiger partial charge in [0.2, 0.25) is 0 Å².